The van der Waals surface area contributed by atoms with E-state index in [0.717, 1.165) is 38.7 Å². The molecule has 158 valence electrons. The Hall–Kier alpha value is -3.08. The summed E-state index contributed by atoms with van der Waals surface area (Å²) in [5.74, 6) is -0.915. The summed E-state index contributed by atoms with van der Waals surface area (Å²) in [4.78, 5) is 12.4. The lowest BCUT2D eigenvalue weighted by molar-refractivity contribution is 0.0684. The van der Waals surface area contributed by atoms with Gasteiger partial charge in [0.15, 0.2) is 0 Å². The van der Waals surface area contributed by atoms with E-state index in [2.05, 4.69) is 30.4 Å². The molecule has 1 aromatic heterocycles. The molecule has 1 heterocycles. The molecule has 0 aliphatic rings. The third-order valence-electron chi connectivity index (χ3n) is 5.64. The maximum atomic E-state index is 12.4. The number of carbonyl (C=O) groups is 1. The highest BCUT2D eigenvalue weighted by Crippen LogP contribution is 2.29. The molecule has 0 atom stereocenters. The van der Waals surface area contributed by atoms with Crippen molar-refractivity contribution in [1.82, 2.24) is 9.88 Å². The van der Waals surface area contributed by atoms with Gasteiger partial charge in [-0.1, -0.05) is 60.1 Å². The average molecular weight is 433 g/mol. The average Bonchev–Trinajstić information content (AvgIpc) is 3.02. The molecule has 0 aliphatic heterocycles. The summed E-state index contributed by atoms with van der Waals surface area (Å²) in [5.41, 5.74) is 6.51. The first kappa shape index (κ1) is 21.2. The molecule has 4 rings (SSSR count). The lowest BCUT2D eigenvalue weighted by atomic mass is 10.1. The van der Waals surface area contributed by atoms with Gasteiger partial charge in [-0.25, -0.2) is 4.79 Å². The van der Waals surface area contributed by atoms with Gasteiger partial charge in [0.25, 0.3) is 0 Å². The van der Waals surface area contributed by atoms with Crippen molar-refractivity contribution in [2.45, 2.75) is 33.5 Å². The highest BCUT2D eigenvalue weighted by molar-refractivity contribution is 6.30. The number of nitrogens with one attached hydrogen (secondary N) is 1. The van der Waals surface area contributed by atoms with Gasteiger partial charge in [0.1, 0.15) is 5.69 Å². The number of carboxylic acid groups (broad SMARTS) is 1. The Kier molecular flexibility index (Phi) is 6.12. The maximum Gasteiger partial charge on any atom is 0.352 e. The quantitative estimate of drug-likeness (QED) is 0.379. The fourth-order valence-corrected chi connectivity index (χ4v) is 4.27. The summed E-state index contributed by atoms with van der Waals surface area (Å²) >= 11 is 6.08. The summed E-state index contributed by atoms with van der Waals surface area (Å²) in [5, 5.41) is 15.2. The van der Waals surface area contributed by atoms with Crippen molar-refractivity contribution in [2.24, 2.45) is 0 Å². The van der Waals surface area contributed by atoms with Crippen molar-refractivity contribution in [1.29, 1.82) is 0 Å². The molecule has 0 saturated heterocycles. The fraction of sp³-hybridized carbons (Fsp3) is 0.192. The van der Waals surface area contributed by atoms with Crippen LogP contribution in [0.4, 0.5) is 0 Å². The number of aromatic carboxylic acids is 1. The monoisotopic (exact) mass is 432 g/mol. The van der Waals surface area contributed by atoms with E-state index < -0.39 is 5.97 Å². The molecular formula is C26H25ClN2O2. The third-order valence-corrected chi connectivity index (χ3v) is 5.87. The topological polar surface area (TPSA) is 54.3 Å². The van der Waals surface area contributed by atoms with Gasteiger partial charge >= 0.3 is 5.97 Å². The van der Waals surface area contributed by atoms with Crippen LogP contribution in [0.2, 0.25) is 5.02 Å². The highest BCUT2D eigenvalue weighted by Gasteiger charge is 2.22. The van der Waals surface area contributed by atoms with Gasteiger partial charge in [-0.05, 0) is 54.3 Å². The minimum absolute atomic E-state index is 0.336. The van der Waals surface area contributed by atoms with Gasteiger partial charge in [-0.2, -0.15) is 0 Å². The summed E-state index contributed by atoms with van der Waals surface area (Å²) in [7, 11) is 0. The number of halogens is 1. The second kappa shape index (κ2) is 8.96. The van der Waals surface area contributed by atoms with Crippen molar-refractivity contribution in [3.8, 4) is 0 Å². The van der Waals surface area contributed by atoms with Crippen LogP contribution in [0.15, 0.2) is 66.7 Å². The van der Waals surface area contributed by atoms with Crippen LogP contribution < -0.4 is 5.32 Å². The molecule has 4 aromatic rings. The first-order valence-electron chi connectivity index (χ1n) is 10.3. The van der Waals surface area contributed by atoms with Crippen LogP contribution in [0.3, 0.4) is 0 Å². The van der Waals surface area contributed by atoms with Crippen LogP contribution in [-0.4, -0.2) is 15.6 Å². The maximum absolute atomic E-state index is 12.4. The van der Waals surface area contributed by atoms with E-state index in [1.807, 2.05) is 60.0 Å². The second-order valence-corrected chi connectivity index (χ2v) is 8.34. The van der Waals surface area contributed by atoms with Crippen LogP contribution in [0, 0.1) is 13.8 Å². The van der Waals surface area contributed by atoms with Crippen molar-refractivity contribution in [3.63, 3.8) is 0 Å². The number of fused-ring (bicyclic) bond motifs is 1. The fourth-order valence-electron chi connectivity index (χ4n) is 4.06. The summed E-state index contributed by atoms with van der Waals surface area (Å²) in [6.07, 6.45) is 0. The lowest BCUT2D eigenvalue weighted by Crippen LogP contribution is -2.17. The van der Waals surface area contributed by atoms with Crippen LogP contribution in [-0.2, 0) is 19.6 Å². The van der Waals surface area contributed by atoms with Crippen LogP contribution in [0.25, 0.3) is 10.9 Å². The molecule has 0 saturated carbocycles. The van der Waals surface area contributed by atoms with Gasteiger partial charge in [-0.15, -0.1) is 0 Å². The van der Waals surface area contributed by atoms with Crippen LogP contribution in [0.5, 0.6) is 0 Å². The van der Waals surface area contributed by atoms with E-state index in [1.165, 1.54) is 0 Å². The van der Waals surface area contributed by atoms with Gasteiger partial charge in [-0.3, -0.25) is 0 Å². The second-order valence-electron chi connectivity index (χ2n) is 7.90. The minimum Gasteiger partial charge on any atom is -0.477 e. The Morgan fingerprint density at radius 2 is 1.81 bits per heavy atom. The number of hydrogen-bond donors (Lipinski definition) is 2. The van der Waals surface area contributed by atoms with Crippen LogP contribution in [0.1, 0.15) is 38.3 Å². The van der Waals surface area contributed by atoms with E-state index in [-0.39, 0.29) is 0 Å². The molecule has 0 fully saturated rings. The normalized spacial score (nSPS) is 11.2. The van der Waals surface area contributed by atoms with Gasteiger partial charge in [0.2, 0.25) is 0 Å². The molecule has 5 heteroatoms. The smallest absolute Gasteiger partial charge is 0.352 e. The molecule has 0 aliphatic carbocycles. The van der Waals surface area contributed by atoms with Crippen molar-refractivity contribution < 1.29 is 9.90 Å². The Labute approximate surface area is 187 Å². The number of carboxylic acids is 1. The molecule has 4 nitrogen and oxygen atoms in total. The van der Waals surface area contributed by atoms with Crippen LogP contribution >= 0.6 is 11.6 Å². The molecule has 0 bridgehead atoms. The molecule has 0 spiro atoms. The van der Waals surface area contributed by atoms with E-state index in [4.69, 9.17) is 11.6 Å². The molecule has 2 N–H and O–H groups in total. The van der Waals surface area contributed by atoms with Crippen molar-refractivity contribution >= 4 is 28.5 Å². The summed E-state index contributed by atoms with van der Waals surface area (Å²) < 4.78 is 1.93. The van der Waals surface area contributed by atoms with Gasteiger partial charge in [0.05, 0.1) is 0 Å². The van der Waals surface area contributed by atoms with E-state index in [0.29, 0.717) is 30.4 Å². The highest BCUT2D eigenvalue weighted by atomic mass is 35.5. The molecule has 0 radical (unpaired) electrons. The molecule has 0 amide bonds. The number of nitrogens with zero attached hydrogens (tertiary/aromatic N) is 1. The summed E-state index contributed by atoms with van der Waals surface area (Å²) in [6, 6.07) is 21.9. The zero-order valence-electron chi connectivity index (χ0n) is 17.7. The predicted molar refractivity (Wildman–Crippen MR) is 126 cm³/mol. The lowest BCUT2D eigenvalue weighted by Gasteiger charge is -2.12. The van der Waals surface area contributed by atoms with Gasteiger partial charge < -0.3 is 15.0 Å². The summed E-state index contributed by atoms with van der Waals surface area (Å²) in [6.45, 7) is 5.66. The number of aryl methyl sites for hydroxylation is 2. The zero-order chi connectivity index (χ0) is 22.0. The third kappa shape index (κ3) is 4.50. The Morgan fingerprint density at radius 1 is 1.00 bits per heavy atom. The molecule has 31 heavy (non-hydrogen) atoms. The molecule has 0 unspecified atom stereocenters. The number of hydrogen-bond acceptors (Lipinski definition) is 2. The minimum atomic E-state index is -0.915. The molecular weight excluding hydrogens is 408 g/mol. The van der Waals surface area contributed by atoms with E-state index in [1.54, 1.807) is 0 Å². The van der Waals surface area contributed by atoms with Crippen molar-refractivity contribution in [2.75, 3.05) is 0 Å². The Balaban J connectivity index is 1.74. The first-order chi connectivity index (χ1) is 14.9. The Morgan fingerprint density at radius 3 is 2.55 bits per heavy atom. The zero-order valence-corrected chi connectivity index (χ0v) is 18.4. The standard InChI is InChI=1S/C26H25ClN2O2/c1-17-10-11-22-23(15-28-14-19-7-5-9-21(27)13-19)25(26(30)31)29(24(22)12-17)16-20-8-4-3-6-18(20)2/h3-13,28H,14-16H2,1-2H3,(H,30,31). The SMILES string of the molecule is Cc1ccc2c(CNCc3cccc(Cl)c3)c(C(=O)O)n(Cc3ccccc3C)c2c1. The van der Waals surface area contributed by atoms with Crippen molar-refractivity contribution in [3.05, 3.63) is 105 Å². The molecule has 3 aromatic carbocycles. The number of aromatic nitrogens is 1. The largest absolute Gasteiger partial charge is 0.477 e. The van der Waals surface area contributed by atoms with E-state index >= 15 is 0 Å². The van der Waals surface area contributed by atoms with E-state index in [9.17, 15) is 9.90 Å². The number of rotatable bonds is 7. The first-order valence-corrected chi connectivity index (χ1v) is 10.7. The Bertz CT molecular complexity index is 1260. The van der Waals surface area contributed by atoms with Gasteiger partial charge in [0, 0.05) is 41.1 Å². The predicted octanol–water partition coefficient (Wildman–Crippen LogP) is 5.95. The number of benzene rings is 3.